The van der Waals surface area contributed by atoms with Gasteiger partial charge in [0.1, 0.15) is 22.7 Å². The van der Waals surface area contributed by atoms with Crippen molar-refractivity contribution in [2.75, 3.05) is 30.5 Å². The summed E-state index contributed by atoms with van der Waals surface area (Å²) in [5, 5.41) is 4.74. The number of carbonyl (C=O) groups is 2. The largest absolute Gasteiger partial charge is 0.495 e. The van der Waals surface area contributed by atoms with E-state index in [2.05, 4.69) is 5.32 Å². The molecule has 7 heteroatoms. The lowest BCUT2D eigenvalue weighted by molar-refractivity contribution is -0.118. The maximum atomic E-state index is 12.5. The number of hydrogen-bond acceptors (Lipinski definition) is 5. The van der Waals surface area contributed by atoms with E-state index in [1.807, 2.05) is 42.5 Å². The fourth-order valence-electron chi connectivity index (χ4n) is 4.00. The SMILES string of the molecule is COc1cc2c(cc1NC(=O)COc1ccc(N3CCCC3=O)cc1)oc1ccccc12. The summed E-state index contributed by atoms with van der Waals surface area (Å²) in [6.45, 7) is 0.572. The summed E-state index contributed by atoms with van der Waals surface area (Å²) in [6, 6.07) is 18.5. The van der Waals surface area contributed by atoms with Gasteiger partial charge >= 0.3 is 0 Å². The highest BCUT2D eigenvalue weighted by molar-refractivity contribution is 6.07. The average molecular weight is 430 g/mol. The summed E-state index contributed by atoms with van der Waals surface area (Å²) in [5.41, 5.74) is 2.79. The third kappa shape index (κ3) is 3.73. The average Bonchev–Trinajstić information content (AvgIpc) is 3.40. The molecule has 1 N–H and O–H groups in total. The highest BCUT2D eigenvalue weighted by atomic mass is 16.5. The number of fused-ring (bicyclic) bond motifs is 3. The number of hydrogen-bond donors (Lipinski definition) is 1. The molecule has 1 aliphatic rings. The maximum absolute atomic E-state index is 12.5. The first kappa shape index (κ1) is 19.9. The number of benzene rings is 3. The Balaban J connectivity index is 1.27. The number of amides is 2. The molecule has 1 saturated heterocycles. The van der Waals surface area contributed by atoms with Gasteiger partial charge < -0.3 is 24.1 Å². The van der Waals surface area contributed by atoms with E-state index in [9.17, 15) is 9.59 Å². The number of nitrogens with zero attached hydrogens (tertiary/aromatic N) is 1. The van der Waals surface area contributed by atoms with E-state index in [0.29, 0.717) is 29.2 Å². The van der Waals surface area contributed by atoms with Crippen molar-refractivity contribution in [3.05, 3.63) is 60.7 Å². The number of ether oxygens (including phenoxy) is 2. The predicted octanol–water partition coefficient (Wildman–Crippen LogP) is 4.74. The molecule has 1 aliphatic heterocycles. The number of rotatable bonds is 6. The first-order valence-electron chi connectivity index (χ1n) is 10.4. The molecule has 5 rings (SSSR count). The molecular formula is C25H22N2O5. The molecule has 2 heterocycles. The number of nitrogens with one attached hydrogen (secondary N) is 1. The number of methoxy groups -OCH3 is 1. The Bertz CT molecular complexity index is 1310. The summed E-state index contributed by atoms with van der Waals surface area (Å²) in [6.07, 6.45) is 1.46. The lowest BCUT2D eigenvalue weighted by atomic mass is 10.1. The third-order valence-electron chi connectivity index (χ3n) is 5.56. The molecule has 4 aromatic rings. The lowest BCUT2D eigenvalue weighted by Gasteiger charge is -2.16. The molecule has 2 amide bonds. The number of para-hydroxylation sites is 1. The molecule has 1 fully saturated rings. The zero-order valence-corrected chi connectivity index (χ0v) is 17.6. The quantitative estimate of drug-likeness (QED) is 0.478. The molecule has 0 radical (unpaired) electrons. The standard InChI is InChI=1S/C25H22N2O5/c1-30-23-13-19-18-5-2-3-6-21(18)32-22(19)14-20(23)26-24(28)15-31-17-10-8-16(9-11-17)27-12-4-7-25(27)29/h2-3,5-6,8-11,13-14H,4,7,12,15H2,1H3,(H,26,28). The summed E-state index contributed by atoms with van der Waals surface area (Å²) >= 11 is 0. The number of anilines is 2. The van der Waals surface area contributed by atoms with Gasteiger partial charge in [0.2, 0.25) is 5.91 Å². The molecule has 0 saturated carbocycles. The van der Waals surface area contributed by atoms with Crippen molar-refractivity contribution < 1.29 is 23.5 Å². The fraction of sp³-hybridized carbons (Fsp3) is 0.200. The van der Waals surface area contributed by atoms with Gasteiger partial charge in [-0.15, -0.1) is 0 Å². The van der Waals surface area contributed by atoms with Gasteiger partial charge in [0.25, 0.3) is 5.91 Å². The van der Waals surface area contributed by atoms with Gasteiger partial charge in [-0.05, 0) is 42.8 Å². The van der Waals surface area contributed by atoms with Crippen LogP contribution >= 0.6 is 0 Å². The van der Waals surface area contributed by atoms with E-state index in [1.165, 1.54) is 0 Å². The van der Waals surface area contributed by atoms with Crippen molar-refractivity contribution in [2.24, 2.45) is 0 Å². The first-order valence-corrected chi connectivity index (χ1v) is 10.4. The molecule has 1 aromatic heterocycles. The fourth-order valence-corrected chi connectivity index (χ4v) is 4.00. The minimum atomic E-state index is -0.322. The Morgan fingerprint density at radius 3 is 2.62 bits per heavy atom. The van der Waals surface area contributed by atoms with Crippen LogP contribution in [0.1, 0.15) is 12.8 Å². The molecule has 32 heavy (non-hydrogen) atoms. The Labute approximate surface area is 184 Å². The topological polar surface area (TPSA) is 81.0 Å². The molecule has 0 spiro atoms. The summed E-state index contributed by atoms with van der Waals surface area (Å²) in [7, 11) is 1.56. The zero-order valence-electron chi connectivity index (χ0n) is 17.6. The second kappa shape index (κ2) is 8.26. The van der Waals surface area contributed by atoms with Crippen LogP contribution in [0.25, 0.3) is 21.9 Å². The van der Waals surface area contributed by atoms with E-state index in [-0.39, 0.29) is 18.4 Å². The second-order valence-corrected chi connectivity index (χ2v) is 7.63. The lowest BCUT2D eigenvalue weighted by Crippen LogP contribution is -2.23. The Morgan fingerprint density at radius 2 is 1.88 bits per heavy atom. The number of furan rings is 1. The van der Waals surface area contributed by atoms with Crippen LogP contribution in [-0.2, 0) is 9.59 Å². The molecule has 0 aliphatic carbocycles. The molecular weight excluding hydrogens is 408 g/mol. The van der Waals surface area contributed by atoms with Crippen LogP contribution in [0.2, 0.25) is 0 Å². The highest BCUT2D eigenvalue weighted by Crippen LogP contribution is 2.36. The monoisotopic (exact) mass is 430 g/mol. The molecule has 0 atom stereocenters. The molecule has 0 unspecified atom stereocenters. The van der Waals surface area contributed by atoms with Crippen molar-refractivity contribution in [3.8, 4) is 11.5 Å². The highest BCUT2D eigenvalue weighted by Gasteiger charge is 2.21. The van der Waals surface area contributed by atoms with E-state index < -0.39 is 0 Å². The first-order chi connectivity index (χ1) is 15.6. The summed E-state index contributed by atoms with van der Waals surface area (Å²) < 4.78 is 17.0. The summed E-state index contributed by atoms with van der Waals surface area (Å²) in [4.78, 5) is 26.1. The van der Waals surface area contributed by atoms with E-state index in [1.54, 1.807) is 30.2 Å². The Morgan fingerprint density at radius 1 is 1.06 bits per heavy atom. The van der Waals surface area contributed by atoms with E-state index >= 15 is 0 Å². The Kier molecular flexibility index (Phi) is 5.15. The van der Waals surface area contributed by atoms with E-state index in [0.717, 1.165) is 35.0 Å². The van der Waals surface area contributed by atoms with Crippen LogP contribution in [0.4, 0.5) is 11.4 Å². The maximum Gasteiger partial charge on any atom is 0.262 e. The molecule has 162 valence electrons. The van der Waals surface area contributed by atoms with Gasteiger partial charge in [-0.2, -0.15) is 0 Å². The zero-order chi connectivity index (χ0) is 22.1. The van der Waals surface area contributed by atoms with Crippen molar-refractivity contribution in [3.63, 3.8) is 0 Å². The minimum absolute atomic E-state index is 0.133. The van der Waals surface area contributed by atoms with Gasteiger partial charge in [-0.25, -0.2) is 0 Å². The van der Waals surface area contributed by atoms with Gasteiger partial charge in [-0.1, -0.05) is 18.2 Å². The van der Waals surface area contributed by atoms with Gasteiger partial charge in [-0.3, -0.25) is 9.59 Å². The molecule has 3 aromatic carbocycles. The number of carbonyl (C=O) groups excluding carboxylic acids is 2. The normalized spacial score (nSPS) is 13.7. The van der Waals surface area contributed by atoms with Crippen molar-refractivity contribution >= 4 is 45.1 Å². The van der Waals surface area contributed by atoms with Crippen LogP contribution in [0, 0.1) is 0 Å². The smallest absolute Gasteiger partial charge is 0.262 e. The van der Waals surface area contributed by atoms with Crippen LogP contribution in [0.3, 0.4) is 0 Å². The van der Waals surface area contributed by atoms with Gasteiger partial charge in [0, 0.05) is 35.5 Å². The van der Waals surface area contributed by atoms with Crippen LogP contribution in [-0.4, -0.2) is 32.1 Å². The van der Waals surface area contributed by atoms with Crippen LogP contribution < -0.4 is 19.7 Å². The van der Waals surface area contributed by atoms with Gasteiger partial charge in [0.15, 0.2) is 6.61 Å². The van der Waals surface area contributed by atoms with Crippen LogP contribution in [0.15, 0.2) is 65.1 Å². The predicted molar refractivity (Wildman–Crippen MR) is 122 cm³/mol. The van der Waals surface area contributed by atoms with Crippen molar-refractivity contribution in [1.82, 2.24) is 0 Å². The van der Waals surface area contributed by atoms with Crippen LogP contribution in [0.5, 0.6) is 11.5 Å². The van der Waals surface area contributed by atoms with Crippen molar-refractivity contribution in [1.29, 1.82) is 0 Å². The second-order valence-electron chi connectivity index (χ2n) is 7.63. The van der Waals surface area contributed by atoms with Gasteiger partial charge in [0.05, 0.1) is 12.8 Å². The van der Waals surface area contributed by atoms with Crippen molar-refractivity contribution in [2.45, 2.75) is 12.8 Å². The summed E-state index contributed by atoms with van der Waals surface area (Å²) in [5.74, 6) is 0.901. The minimum Gasteiger partial charge on any atom is -0.495 e. The molecule has 0 bridgehead atoms. The van der Waals surface area contributed by atoms with E-state index in [4.69, 9.17) is 13.9 Å². The molecule has 7 nitrogen and oxygen atoms in total. The Hall–Kier alpha value is -4.00. The third-order valence-corrected chi connectivity index (χ3v) is 5.56.